The van der Waals surface area contributed by atoms with Crippen molar-refractivity contribution in [2.45, 2.75) is 69.2 Å². The average Bonchev–Trinajstić information content (AvgIpc) is 3.69. The summed E-state index contributed by atoms with van der Waals surface area (Å²) in [5, 5.41) is 0. The van der Waals surface area contributed by atoms with Gasteiger partial charge in [0.15, 0.2) is 0 Å². The molecule has 9 heteroatoms. The number of fused-ring (bicyclic) bond motifs is 1. The molecule has 2 atom stereocenters. The molecule has 2 aromatic rings. The summed E-state index contributed by atoms with van der Waals surface area (Å²) >= 11 is 0. The number of carbonyl (C=O) groups is 1. The van der Waals surface area contributed by atoms with Crippen molar-refractivity contribution in [2.24, 2.45) is 5.92 Å². The molecule has 3 fully saturated rings. The number of hydrogen-bond acceptors (Lipinski definition) is 4. The highest BCUT2D eigenvalue weighted by atomic mass is 19.4. The molecule has 1 aromatic heterocycles. The number of rotatable bonds is 4. The van der Waals surface area contributed by atoms with Crippen molar-refractivity contribution in [3.05, 3.63) is 58.9 Å². The van der Waals surface area contributed by atoms with Crippen LogP contribution in [0.1, 0.15) is 60.4 Å². The Morgan fingerprint density at radius 2 is 1.79 bits per heavy atom. The average molecular weight is 529 g/mol. The van der Waals surface area contributed by atoms with Gasteiger partial charge in [0.05, 0.1) is 18.7 Å². The molecule has 1 aliphatic carbocycles. The number of benzene rings is 1. The predicted molar refractivity (Wildman–Crippen MR) is 137 cm³/mol. The van der Waals surface area contributed by atoms with Crippen molar-refractivity contribution in [2.75, 3.05) is 33.3 Å². The number of carbonyl (C=O) groups excluding carboxylic acids is 1. The Balaban J connectivity index is 1.13. The van der Waals surface area contributed by atoms with Gasteiger partial charge >= 0.3 is 12.2 Å². The molecular weight excluding hydrogens is 493 g/mol. The number of piperidine rings is 1. The summed E-state index contributed by atoms with van der Waals surface area (Å²) in [6.07, 6.45) is 2.33. The number of aromatic nitrogens is 1. The zero-order valence-corrected chi connectivity index (χ0v) is 21.8. The summed E-state index contributed by atoms with van der Waals surface area (Å²) in [7, 11) is 1.73. The van der Waals surface area contributed by atoms with Gasteiger partial charge in [-0.2, -0.15) is 13.2 Å². The molecule has 0 radical (unpaired) electrons. The van der Waals surface area contributed by atoms with Crippen molar-refractivity contribution in [1.82, 2.24) is 19.7 Å². The van der Waals surface area contributed by atoms with Crippen LogP contribution in [0, 0.1) is 5.92 Å². The lowest BCUT2D eigenvalue weighted by Crippen LogP contribution is -2.53. The number of likely N-dealkylation sites (tertiary alicyclic amines) is 2. The summed E-state index contributed by atoms with van der Waals surface area (Å²) < 4.78 is 45.3. The minimum atomic E-state index is -4.44. The summed E-state index contributed by atoms with van der Waals surface area (Å²) in [6.45, 7) is 3.39. The second-order valence-electron chi connectivity index (χ2n) is 11.2. The molecule has 4 aliphatic rings. The van der Waals surface area contributed by atoms with E-state index in [1.165, 1.54) is 11.6 Å². The van der Waals surface area contributed by atoms with Gasteiger partial charge in [-0.05, 0) is 80.3 Å². The van der Waals surface area contributed by atoms with Crippen LogP contribution >= 0.6 is 0 Å². The fourth-order valence-electron chi connectivity index (χ4n) is 6.90. The Kier molecular flexibility index (Phi) is 6.74. The topological polar surface area (TPSA) is 48.9 Å². The highest BCUT2D eigenvalue weighted by Gasteiger charge is 2.49. The molecule has 6 nitrogen and oxygen atoms in total. The first-order chi connectivity index (χ1) is 18.3. The van der Waals surface area contributed by atoms with Crippen molar-refractivity contribution in [3.63, 3.8) is 0 Å². The highest BCUT2D eigenvalue weighted by molar-refractivity contribution is 5.76. The molecule has 0 spiro atoms. The van der Waals surface area contributed by atoms with Gasteiger partial charge in [0.1, 0.15) is 5.75 Å². The van der Waals surface area contributed by atoms with Crippen molar-refractivity contribution >= 4 is 6.03 Å². The summed E-state index contributed by atoms with van der Waals surface area (Å²) in [5.74, 6) is 1.96. The number of ether oxygens (including phenoxy) is 1. The van der Waals surface area contributed by atoms with E-state index in [1.807, 2.05) is 17.0 Å². The Morgan fingerprint density at radius 1 is 1.03 bits per heavy atom. The van der Waals surface area contributed by atoms with Crippen LogP contribution in [0.5, 0.6) is 5.75 Å². The van der Waals surface area contributed by atoms with Crippen LogP contribution in [-0.2, 0) is 19.1 Å². The molecule has 2 saturated heterocycles. The quantitative estimate of drug-likeness (QED) is 0.539. The Morgan fingerprint density at radius 3 is 2.50 bits per heavy atom. The SMILES string of the molecule is COc1ccccc1C1CCN([C@@H]2CCN(C(=O)N3CCc4ncc(C(F)(F)F)cc4C3)[C@H]2C2CC2)CC1. The van der Waals surface area contributed by atoms with E-state index in [2.05, 4.69) is 22.0 Å². The summed E-state index contributed by atoms with van der Waals surface area (Å²) in [4.78, 5) is 24.2. The van der Waals surface area contributed by atoms with Crippen LogP contribution in [0.4, 0.5) is 18.0 Å². The van der Waals surface area contributed by atoms with Gasteiger partial charge in [-0.1, -0.05) is 18.2 Å². The lowest BCUT2D eigenvalue weighted by atomic mass is 9.87. The lowest BCUT2D eigenvalue weighted by Gasteiger charge is -2.41. The first kappa shape index (κ1) is 25.5. The second kappa shape index (κ2) is 10.1. The van der Waals surface area contributed by atoms with Gasteiger partial charge in [-0.3, -0.25) is 9.88 Å². The van der Waals surface area contributed by atoms with Gasteiger partial charge in [-0.25, -0.2) is 4.79 Å². The number of para-hydroxylation sites is 1. The monoisotopic (exact) mass is 528 g/mol. The van der Waals surface area contributed by atoms with E-state index >= 15 is 0 Å². The first-order valence-electron chi connectivity index (χ1n) is 13.8. The highest BCUT2D eigenvalue weighted by Crippen LogP contribution is 2.44. The number of pyridine rings is 1. The van der Waals surface area contributed by atoms with Gasteiger partial charge in [-0.15, -0.1) is 0 Å². The minimum absolute atomic E-state index is 0.0311. The normalized spacial score (nSPS) is 24.9. The number of halogens is 3. The van der Waals surface area contributed by atoms with Crippen LogP contribution in [0.25, 0.3) is 0 Å². The number of nitrogens with zero attached hydrogens (tertiary/aromatic N) is 4. The molecule has 1 saturated carbocycles. The lowest BCUT2D eigenvalue weighted by molar-refractivity contribution is -0.137. The molecule has 0 N–H and O–H groups in total. The number of hydrogen-bond donors (Lipinski definition) is 0. The first-order valence-corrected chi connectivity index (χ1v) is 13.8. The van der Waals surface area contributed by atoms with Gasteiger partial charge in [0.25, 0.3) is 0 Å². The molecule has 0 bridgehead atoms. The third-order valence-corrected chi connectivity index (χ3v) is 8.99. The van der Waals surface area contributed by atoms with Gasteiger partial charge in [0.2, 0.25) is 0 Å². The molecule has 4 heterocycles. The zero-order valence-electron chi connectivity index (χ0n) is 21.8. The Hall–Kier alpha value is -2.81. The third kappa shape index (κ3) is 4.85. The number of methoxy groups -OCH3 is 1. The van der Waals surface area contributed by atoms with E-state index in [9.17, 15) is 18.0 Å². The maximum atomic E-state index is 13.7. The molecule has 6 rings (SSSR count). The largest absolute Gasteiger partial charge is 0.496 e. The second-order valence-corrected chi connectivity index (χ2v) is 11.2. The van der Waals surface area contributed by atoms with Gasteiger partial charge in [0, 0.05) is 44.0 Å². The maximum Gasteiger partial charge on any atom is 0.417 e. The summed E-state index contributed by atoms with van der Waals surface area (Å²) in [5.41, 5.74) is 1.71. The predicted octanol–water partition coefficient (Wildman–Crippen LogP) is 5.32. The van der Waals surface area contributed by atoms with E-state index in [0.29, 0.717) is 48.6 Å². The van der Waals surface area contributed by atoms with Crippen LogP contribution in [0.15, 0.2) is 36.5 Å². The number of alkyl halides is 3. The fraction of sp³-hybridized carbons (Fsp3) is 0.586. The van der Waals surface area contributed by atoms with E-state index < -0.39 is 11.7 Å². The minimum Gasteiger partial charge on any atom is -0.496 e. The number of urea groups is 1. The van der Waals surface area contributed by atoms with E-state index in [0.717, 1.165) is 57.1 Å². The van der Waals surface area contributed by atoms with Crippen LogP contribution in [0.3, 0.4) is 0 Å². The van der Waals surface area contributed by atoms with E-state index in [1.54, 1.807) is 12.0 Å². The van der Waals surface area contributed by atoms with Crippen LogP contribution in [0.2, 0.25) is 0 Å². The van der Waals surface area contributed by atoms with Crippen molar-refractivity contribution in [1.29, 1.82) is 0 Å². The maximum absolute atomic E-state index is 13.7. The van der Waals surface area contributed by atoms with E-state index in [-0.39, 0.29) is 18.6 Å². The van der Waals surface area contributed by atoms with Crippen LogP contribution in [-0.4, -0.2) is 71.1 Å². The van der Waals surface area contributed by atoms with Crippen LogP contribution < -0.4 is 4.74 Å². The third-order valence-electron chi connectivity index (χ3n) is 8.99. The smallest absolute Gasteiger partial charge is 0.417 e. The van der Waals surface area contributed by atoms with Crippen molar-refractivity contribution < 1.29 is 22.7 Å². The molecule has 1 aromatic carbocycles. The van der Waals surface area contributed by atoms with E-state index in [4.69, 9.17) is 4.74 Å². The fourth-order valence-corrected chi connectivity index (χ4v) is 6.90. The van der Waals surface area contributed by atoms with Crippen molar-refractivity contribution in [3.8, 4) is 5.75 Å². The molecule has 204 valence electrons. The Labute approximate surface area is 221 Å². The molecule has 3 aliphatic heterocycles. The molecule has 2 amide bonds. The molecule has 0 unspecified atom stereocenters. The number of amides is 2. The van der Waals surface area contributed by atoms with Gasteiger partial charge < -0.3 is 14.5 Å². The standard InChI is InChI=1S/C29H35F3N4O2/c1-38-26-5-3-2-4-23(26)19-8-12-34(13-9-19)25-11-15-36(27(25)20-6-7-20)28(37)35-14-10-24-21(18-35)16-22(17-33-24)29(30,31)32/h2-5,16-17,19-20,25,27H,6-15,18H2,1H3/t25-,27+/m1/s1. The zero-order chi connectivity index (χ0) is 26.4. The summed E-state index contributed by atoms with van der Waals surface area (Å²) in [6, 6.07) is 9.96. The molecule has 38 heavy (non-hydrogen) atoms. The molecular formula is C29H35F3N4O2. The Bertz CT molecular complexity index is 1180.